The number of aryl methyl sites for hydroxylation is 1. The smallest absolute Gasteiger partial charge is 0.261 e. The van der Waals surface area contributed by atoms with E-state index in [1.807, 2.05) is 0 Å². The molecule has 102 valence electrons. The highest BCUT2D eigenvalue weighted by atomic mass is 127. The lowest BCUT2D eigenvalue weighted by atomic mass is 10.2. The third-order valence-electron chi connectivity index (χ3n) is 2.86. The SMILES string of the molecule is COc1cc2ncn(CCCI)c(=O)c2cc1OC. The molecule has 5 nitrogen and oxygen atoms in total. The zero-order chi connectivity index (χ0) is 13.8. The monoisotopic (exact) mass is 374 g/mol. The highest BCUT2D eigenvalue weighted by Gasteiger charge is 2.10. The number of hydrogen-bond donors (Lipinski definition) is 0. The number of fused-ring (bicyclic) bond motifs is 1. The van der Waals surface area contributed by atoms with Gasteiger partial charge in [-0.2, -0.15) is 0 Å². The third kappa shape index (κ3) is 2.83. The summed E-state index contributed by atoms with van der Waals surface area (Å²) in [5.41, 5.74) is 0.573. The highest BCUT2D eigenvalue weighted by Crippen LogP contribution is 2.29. The number of rotatable bonds is 5. The summed E-state index contributed by atoms with van der Waals surface area (Å²) < 4.78 is 13.1. The first-order valence-electron chi connectivity index (χ1n) is 5.88. The number of halogens is 1. The molecule has 1 heterocycles. The molecule has 0 aliphatic carbocycles. The lowest BCUT2D eigenvalue weighted by Crippen LogP contribution is -2.21. The van der Waals surface area contributed by atoms with E-state index in [1.165, 1.54) is 0 Å². The Bertz CT molecular complexity index is 640. The van der Waals surface area contributed by atoms with Gasteiger partial charge in [0.1, 0.15) is 0 Å². The molecular formula is C13H15IN2O3. The van der Waals surface area contributed by atoms with E-state index in [0.717, 1.165) is 10.8 Å². The van der Waals surface area contributed by atoms with Crippen molar-refractivity contribution in [3.8, 4) is 11.5 Å². The third-order valence-corrected chi connectivity index (χ3v) is 3.62. The van der Waals surface area contributed by atoms with Crippen molar-refractivity contribution in [3.63, 3.8) is 0 Å². The van der Waals surface area contributed by atoms with Gasteiger partial charge < -0.3 is 9.47 Å². The average Bonchev–Trinajstić information content (AvgIpc) is 2.45. The second-order valence-electron chi connectivity index (χ2n) is 4.01. The molecule has 19 heavy (non-hydrogen) atoms. The Morgan fingerprint density at radius 3 is 2.58 bits per heavy atom. The topological polar surface area (TPSA) is 53.4 Å². The summed E-state index contributed by atoms with van der Waals surface area (Å²) in [5, 5.41) is 0.550. The van der Waals surface area contributed by atoms with E-state index in [0.29, 0.717) is 28.9 Å². The van der Waals surface area contributed by atoms with Crippen LogP contribution in [0.25, 0.3) is 10.9 Å². The molecule has 0 fully saturated rings. The van der Waals surface area contributed by atoms with Crippen LogP contribution in [-0.2, 0) is 6.54 Å². The van der Waals surface area contributed by atoms with E-state index in [1.54, 1.807) is 37.2 Å². The van der Waals surface area contributed by atoms with Gasteiger partial charge in [0, 0.05) is 17.0 Å². The largest absolute Gasteiger partial charge is 0.493 e. The Morgan fingerprint density at radius 2 is 1.95 bits per heavy atom. The maximum atomic E-state index is 12.3. The lowest BCUT2D eigenvalue weighted by molar-refractivity contribution is 0.355. The van der Waals surface area contributed by atoms with Gasteiger partial charge in [0.15, 0.2) is 11.5 Å². The van der Waals surface area contributed by atoms with Crippen LogP contribution in [0.5, 0.6) is 11.5 Å². The molecule has 0 spiro atoms. The van der Waals surface area contributed by atoms with Crippen molar-refractivity contribution in [2.75, 3.05) is 18.6 Å². The van der Waals surface area contributed by atoms with Crippen LogP contribution in [0.1, 0.15) is 6.42 Å². The Kier molecular flexibility index (Phi) is 4.62. The van der Waals surface area contributed by atoms with Crippen molar-refractivity contribution in [1.29, 1.82) is 0 Å². The van der Waals surface area contributed by atoms with Crippen molar-refractivity contribution in [2.45, 2.75) is 13.0 Å². The summed E-state index contributed by atoms with van der Waals surface area (Å²) in [6, 6.07) is 3.41. The van der Waals surface area contributed by atoms with Crippen LogP contribution in [0.2, 0.25) is 0 Å². The second-order valence-corrected chi connectivity index (χ2v) is 5.09. The number of benzene rings is 1. The molecule has 0 saturated carbocycles. The van der Waals surface area contributed by atoms with Gasteiger partial charge in [0.05, 0.1) is 31.4 Å². The average molecular weight is 374 g/mol. The van der Waals surface area contributed by atoms with Crippen molar-refractivity contribution >= 4 is 33.5 Å². The van der Waals surface area contributed by atoms with Crippen molar-refractivity contribution in [1.82, 2.24) is 9.55 Å². The zero-order valence-corrected chi connectivity index (χ0v) is 13.0. The molecule has 0 N–H and O–H groups in total. The maximum Gasteiger partial charge on any atom is 0.261 e. The van der Waals surface area contributed by atoms with Crippen LogP contribution in [0.3, 0.4) is 0 Å². The molecule has 6 heteroatoms. The summed E-state index contributed by atoms with van der Waals surface area (Å²) in [5.74, 6) is 1.12. The predicted octanol–water partition coefficient (Wildman–Crippen LogP) is 2.24. The number of nitrogens with zero attached hydrogens (tertiary/aromatic N) is 2. The number of hydrogen-bond acceptors (Lipinski definition) is 4. The molecule has 0 amide bonds. The summed E-state index contributed by atoms with van der Waals surface area (Å²) in [6.07, 6.45) is 2.53. The van der Waals surface area contributed by atoms with Crippen LogP contribution < -0.4 is 15.0 Å². The van der Waals surface area contributed by atoms with Crippen LogP contribution >= 0.6 is 22.6 Å². The highest BCUT2D eigenvalue weighted by molar-refractivity contribution is 14.1. The molecule has 1 aromatic heterocycles. The minimum absolute atomic E-state index is 0.0456. The van der Waals surface area contributed by atoms with E-state index >= 15 is 0 Å². The number of ether oxygens (including phenoxy) is 2. The van der Waals surface area contributed by atoms with Crippen molar-refractivity contribution in [2.24, 2.45) is 0 Å². The predicted molar refractivity (Wildman–Crippen MR) is 82.6 cm³/mol. The van der Waals surface area contributed by atoms with E-state index in [-0.39, 0.29) is 5.56 Å². The quantitative estimate of drug-likeness (QED) is 0.595. The first-order valence-corrected chi connectivity index (χ1v) is 7.41. The number of alkyl halides is 1. The van der Waals surface area contributed by atoms with Crippen LogP contribution in [0, 0.1) is 0 Å². The first-order chi connectivity index (χ1) is 9.21. The second kappa shape index (κ2) is 6.23. The molecule has 0 aliphatic heterocycles. The number of aromatic nitrogens is 2. The lowest BCUT2D eigenvalue weighted by Gasteiger charge is -2.10. The molecule has 0 radical (unpaired) electrons. The minimum atomic E-state index is -0.0456. The van der Waals surface area contributed by atoms with E-state index in [2.05, 4.69) is 27.6 Å². The fraction of sp³-hybridized carbons (Fsp3) is 0.385. The Labute approximate surface area is 124 Å². The summed E-state index contributed by atoms with van der Waals surface area (Å²) in [6.45, 7) is 0.680. The van der Waals surface area contributed by atoms with Gasteiger partial charge in [-0.05, 0) is 12.5 Å². The van der Waals surface area contributed by atoms with Gasteiger partial charge in [0.25, 0.3) is 5.56 Å². The minimum Gasteiger partial charge on any atom is -0.493 e. The summed E-state index contributed by atoms with van der Waals surface area (Å²) in [7, 11) is 3.11. The standard InChI is InChI=1S/C13H15IN2O3/c1-18-11-6-9-10(7-12(11)19-2)15-8-16(13(9)17)5-3-4-14/h6-8H,3-5H2,1-2H3. The normalized spacial score (nSPS) is 10.7. The molecule has 0 saturated heterocycles. The molecule has 0 atom stereocenters. The van der Waals surface area contributed by atoms with Crippen LogP contribution in [0.15, 0.2) is 23.3 Å². The fourth-order valence-corrected chi connectivity index (χ4v) is 2.22. The van der Waals surface area contributed by atoms with Crippen LogP contribution in [0.4, 0.5) is 0 Å². The molecule has 2 aromatic rings. The van der Waals surface area contributed by atoms with Gasteiger partial charge in [-0.1, -0.05) is 22.6 Å². The summed E-state index contributed by atoms with van der Waals surface area (Å²) in [4.78, 5) is 16.6. The number of methoxy groups -OCH3 is 2. The zero-order valence-electron chi connectivity index (χ0n) is 10.9. The van der Waals surface area contributed by atoms with Gasteiger partial charge in [-0.15, -0.1) is 0 Å². The fourth-order valence-electron chi connectivity index (χ4n) is 1.87. The van der Waals surface area contributed by atoms with E-state index in [9.17, 15) is 4.79 Å². The summed E-state index contributed by atoms with van der Waals surface area (Å²) >= 11 is 2.29. The molecule has 0 bridgehead atoms. The van der Waals surface area contributed by atoms with Crippen molar-refractivity contribution < 1.29 is 9.47 Å². The van der Waals surface area contributed by atoms with E-state index in [4.69, 9.17) is 9.47 Å². The molecule has 0 aliphatic rings. The maximum absolute atomic E-state index is 12.3. The molecular weight excluding hydrogens is 359 g/mol. The molecule has 0 unspecified atom stereocenters. The van der Waals surface area contributed by atoms with E-state index < -0.39 is 0 Å². The van der Waals surface area contributed by atoms with Crippen LogP contribution in [-0.4, -0.2) is 28.2 Å². The Morgan fingerprint density at radius 1 is 1.26 bits per heavy atom. The Balaban J connectivity index is 2.58. The van der Waals surface area contributed by atoms with Gasteiger partial charge in [-0.3, -0.25) is 9.36 Å². The van der Waals surface area contributed by atoms with Gasteiger partial charge in [-0.25, -0.2) is 4.98 Å². The van der Waals surface area contributed by atoms with Crippen molar-refractivity contribution in [3.05, 3.63) is 28.8 Å². The molecule has 2 rings (SSSR count). The van der Waals surface area contributed by atoms with Gasteiger partial charge >= 0.3 is 0 Å². The molecule has 1 aromatic carbocycles. The Hall–Kier alpha value is -1.31. The first kappa shape index (κ1) is 14.1. The van der Waals surface area contributed by atoms with Gasteiger partial charge in [0.2, 0.25) is 0 Å².